The first-order valence-corrected chi connectivity index (χ1v) is 20.0. The highest BCUT2D eigenvalue weighted by Crippen LogP contribution is 2.50. The van der Waals surface area contributed by atoms with Crippen molar-refractivity contribution in [1.82, 2.24) is 30.2 Å². The van der Waals surface area contributed by atoms with Crippen molar-refractivity contribution in [2.24, 2.45) is 17.8 Å². The highest BCUT2D eigenvalue weighted by molar-refractivity contribution is 5.91. The monoisotopic (exact) mass is 756 g/mol. The quantitative estimate of drug-likeness (QED) is 0.136. The normalized spacial score (nSPS) is 22.5. The Morgan fingerprint density at radius 3 is 2.12 bits per heavy atom. The van der Waals surface area contributed by atoms with E-state index in [-0.39, 0.29) is 41.7 Å². The molecule has 3 heterocycles. The number of amides is 2. The van der Waals surface area contributed by atoms with Gasteiger partial charge < -0.3 is 24.8 Å². The number of H-pyrrole nitrogens is 2. The van der Waals surface area contributed by atoms with Gasteiger partial charge in [0.15, 0.2) is 5.78 Å². The second-order valence-corrected chi connectivity index (χ2v) is 17.2. The van der Waals surface area contributed by atoms with Crippen LogP contribution in [0.1, 0.15) is 96.8 Å². The number of nitrogens with one attached hydrogen (secondary N) is 3. The number of imidazole rings is 2. The Hall–Kier alpha value is -5.45. The number of hydrogen-bond acceptors (Lipinski definition) is 7. The highest BCUT2D eigenvalue weighted by Gasteiger charge is 2.51. The summed E-state index contributed by atoms with van der Waals surface area (Å²) in [5, 5.41) is 5.00. The number of piperidine rings is 1. The molecule has 1 aliphatic heterocycles. The fourth-order valence-electron chi connectivity index (χ4n) is 9.27. The van der Waals surface area contributed by atoms with Crippen molar-refractivity contribution in [3.8, 4) is 33.6 Å². The van der Waals surface area contributed by atoms with Crippen molar-refractivity contribution < 1.29 is 23.9 Å². The van der Waals surface area contributed by atoms with Gasteiger partial charge in [0.1, 0.15) is 17.2 Å². The molecule has 292 valence electrons. The number of ether oxygens (including phenoxy) is 2. The number of fused-ring (bicyclic) bond motifs is 3. The number of ketones is 1. The zero-order chi connectivity index (χ0) is 39.3. The maximum atomic E-state index is 13.7. The molecule has 11 heteroatoms. The topological polar surface area (TPSA) is 142 Å². The number of likely N-dealkylation sites (tertiary alicyclic amines) is 1. The zero-order valence-corrected chi connectivity index (χ0v) is 33.1. The maximum absolute atomic E-state index is 13.7. The van der Waals surface area contributed by atoms with Gasteiger partial charge in [-0.2, -0.15) is 0 Å². The molecular formula is C45H52N6O5. The zero-order valence-electron chi connectivity index (χ0n) is 33.1. The Morgan fingerprint density at radius 1 is 0.804 bits per heavy atom. The number of methoxy groups -OCH3 is 1. The minimum Gasteiger partial charge on any atom is -0.453 e. The SMILES string of the molecule is COC(=O)N[C@H](C(=O)C1CCC[C@H]1c1ncc(-c2ccc3cc(-c4ccc(-c5cnc([C@@H]6[C@H]7CC[C@H](C7)N6C(=O)OC(C)(C)C)[nH]5)cc4)ccc3c2)[nH]1)C(C)C. The van der Waals surface area contributed by atoms with Gasteiger partial charge in [0.2, 0.25) is 0 Å². The molecule has 1 saturated heterocycles. The minimum absolute atomic E-state index is 0.0291. The number of carbonyl (C=O) groups excluding carboxylic acids is 3. The molecule has 0 radical (unpaired) electrons. The third-order valence-electron chi connectivity index (χ3n) is 12.0. The molecule has 3 fully saturated rings. The first-order chi connectivity index (χ1) is 26.9. The van der Waals surface area contributed by atoms with Gasteiger partial charge >= 0.3 is 12.2 Å². The number of Topliss-reactive ketones (excluding diaryl/α,β-unsaturated/α-hetero) is 1. The summed E-state index contributed by atoms with van der Waals surface area (Å²) in [4.78, 5) is 57.4. The number of alkyl carbamates (subject to hydrolysis) is 1. The number of nitrogens with zero attached hydrogens (tertiary/aromatic N) is 3. The lowest BCUT2D eigenvalue weighted by Gasteiger charge is -2.35. The largest absolute Gasteiger partial charge is 0.453 e. The summed E-state index contributed by atoms with van der Waals surface area (Å²) in [5.74, 6) is 1.76. The summed E-state index contributed by atoms with van der Waals surface area (Å²) in [6.07, 6.45) is 8.57. The van der Waals surface area contributed by atoms with Gasteiger partial charge in [-0.3, -0.25) is 9.69 Å². The van der Waals surface area contributed by atoms with Crippen LogP contribution in [0.5, 0.6) is 0 Å². The molecule has 2 aliphatic carbocycles. The molecule has 1 unspecified atom stereocenters. The van der Waals surface area contributed by atoms with Crippen LogP contribution in [0, 0.1) is 17.8 Å². The average Bonchev–Trinajstić information content (AvgIpc) is 4.04. The summed E-state index contributed by atoms with van der Waals surface area (Å²) in [7, 11) is 1.31. The average molecular weight is 757 g/mol. The second kappa shape index (κ2) is 14.9. The van der Waals surface area contributed by atoms with Crippen molar-refractivity contribution >= 4 is 28.7 Å². The van der Waals surface area contributed by atoms with Gasteiger partial charge in [-0.15, -0.1) is 0 Å². The van der Waals surface area contributed by atoms with Gasteiger partial charge in [0.25, 0.3) is 0 Å². The molecule has 56 heavy (non-hydrogen) atoms. The van der Waals surface area contributed by atoms with Crippen molar-refractivity contribution in [3.63, 3.8) is 0 Å². The standard InChI is InChI=1S/C45H52N6O5/c1-25(2)38(50-43(53)55-6)40(52)34-8-7-9-35(34)41-46-24-37(48-41)31-17-16-29-20-28(14-15-30(29)21-31)26-10-12-27(13-11-26)36-23-47-42(49-36)39-32-18-19-33(22-32)51(39)44(54)56-45(3,4)5/h10-17,20-21,23-25,32-35,38-39H,7-9,18-19,22H2,1-6H3,(H,46,48)(H,47,49)(H,50,53)/t32-,33+,34?,35+,38-,39-/m0/s1. The van der Waals surface area contributed by atoms with E-state index in [2.05, 4.69) is 75.9 Å². The Labute approximate surface area is 328 Å². The van der Waals surface area contributed by atoms with Crippen LogP contribution in [-0.4, -0.2) is 67.6 Å². The molecule has 3 N–H and O–H groups in total. The van der Waals surface area contributed by atoms with Gasteiger partial charge in [0, 0.05) is 23.4 Å². The fourth-order valence-corrected chi connectivity index (χ4v) is 9.27. The number of hydrogen-bond donors (Lipinski definition) is 3. The Morgan fingerprint density at radius 2 is 1.43 bits per heavy atom. The van der Waals surface area contributed by atoms with Crippen molar-refractivity contribution in [1.29, 1.82) is 0 Å². The smallest absolute Gasteiger partial charge is 0.411 e. The first kappa shape index (κ1) is 37.5. The van der Waals surface area contributed by atoms with Gasteiger partial charge in [0.05, 0.1) is 43.0 Å². The van der Waals surface area contributed by atoms with Crippen LogP contribution in [0.15, 0.2) is 73.1 Å². The van der Waals surface area contributed by atoms with Crippen LogP contribution >= 0.6 is 0 Å². The molecule has 0 spiro atoms. The fraction of sp³-hybridized carbons (Fsp3) is 0.444. The predicted octanol–water partition coefficient (Wildman–Crippen LogP) is 9.58. The number of benzene rings is 3. The van der Waals surface area contributed by atoms with E-state index in [1.165, 1.54) is 7.11 Å². The number of aromatic amines is 2. The first-order valence-electron chi connectivity index (χ1n) is 20.0. The predicted molar refractivity (Wildman–Crippen MR) is 216 cm³/mol. The van der Waals surface area contributed by atoms with Gasteiger partial charge in [-0.05, 0) is 104 Å². The molecule has 5 aromatic rings. The molecule has 2 bridgehead atoms. The van der Waals surface area contributed by atoms with Crippen LogP contribution in [0.25, 0.3) is 44.4 Å². The summed E-state index contributed by atoms with van der Waals surface area (Å²) in [6.45, 7) is 9.60. The van der Waals surface area contributed by atoms with Crippen molar-refractivity contribution in [3.05, 3.63) is 84.7 Å². The van der Waals surface area contributed by atoms with Crippen LogP contribution in [-0.2, 0) is 14.3 Å². The van der Waals surface area contributed by atoms with E-state index >= 15 is 0 Å². The number of aromatic nitrogens is 4. The van der Waals surface area contributed by atoms with Crippen molar-refractivity contribution in [2.45, 2.75) is 103 Å². The summed E-state index contributed by atoms with van der Waals surface area (Å²) < 4.78 is 10.6. The minimum atomic E-state index is -0.605. The lowest BCUT2D eigenvalue weighted by molar-refractivity contribution is -0.126. The molecule has 3 aromatic carbocycles. The number of carbonyl (C=O) groups is 3. The summed E-state index contributed by atoms with van der Waals surface area (Å²) in [5.41, 5.74) is 5.59. The van der Waals surface area contributed by atoms with Crippen molar-refractivity contribution in [2.75, 3.05) is 7.11 Å². The maximum Gasteiger partial charge on any atom is 0.411 e. The molecule has 2 aromatic heterocycles. The van der Waals surface area contributed by atoms with E-state index in [9.17, 15) is 14.4 Å². The van der Waals surface area contributed by atoms with E-state index in [0.29, 0.717) is 5.92 Å². The lowest BCUT2D eigenvalue weighted by atomic mass is 9.84. The molecule has 6 atom stereocenters. The van der Waals surface area contributed by atoms with E-state index in [1.807, 2.05) is 51.9 Å². The van der Waals surface area contributed by atoms with Gasteiger partial charge in [-0.25, -0.2) is 19.6 Å². The van der Waals surface area contributed by atoms with Crippen LogP contribution < -0.4 is 5.32 Å². The Kier molecular flexibility index (Phi) is 9.97. The van der Waals surface area contributed by atoms with Crippen LogP contribution in [0.3, 0.4) is 0 Å². The summed E-state index contributed by atoms with van der Waals surface area (Å²) >= 11 is 0. The summed E-state index contributed by atoms with van der Waals surface area (Å²) in [6, 6.07) is 20.9. The third kappa shape index (κ3) is 7.31. The molecule has 2 amide bonds. The lowest BCUT2D eigenvalue weighted by Crippen LogP contribution is -2.47. The number of rotatable bonds is 9. The Bertz CT molecular complexity index is 2250. The highest BCUT2D eigenvalue weighted by atomic mass is 16.6. The van der Waals surface area contributed by atoms with Crippen LogP contribution in [0.4, 0.5) is 9.59 Å². The Balaban J connectivity index is 0.955. The van der Waals surface area contributed by atoms with E-state index in [4.69, 9.17) is 19.4 Å². The van der Waals surface area contributed by atoms with E-state index < -0.39 is 17.7 Å². The van der Waals surface area contributed by atoms with E-state index in [1.54, 1.807) is 0 Å². The van der Waals surface area contributed by atoms with Gasteiger partial charge in [-0.1, -0.05) is 68.8 Å². The molecule has 3 aliphatic rings. The molecule has 2 saturated carbocycles. The van der Waals surface area contributed by atoms with Crippen LogP contribution in [0.2, 0.25) is 0 Å². The molecule has 8 rings (SSSR count). The molecule has 11 nitrogen and oxygen atoms in total. The third-order valence-corrected chi connectivity index (χ3v) is 12.0. The molecular weight excluding hydrogens is 705 g/mol. The van der Waals surface area contributed by atoms with E-state index in [0.717, 1.165) is 94.6 Å². The second-order valence-electron chi connectivity index (χ2n) is 17.2.